The Morgan fingerprint density at radius 3 is 2.39 bits per heavy atom. The molecular formula is C14H23N3O. The van der Waals surface area contributed by atoms with E-state index in [1.807, 2.05) is 16.6 Å². The summed E-state index contributed by atoms with van der Waals surface area (Å²) in [5.74, 6) is 0.191. The monoisotopic (exact) mass is 249 g/mol. The van der Waals surface area contributed by atoms with Crippen molar-refractivity contribution in [3.63, 3.8) is 0 Å². The van der Waals surface area contributed by atoms with Crippen LogP contribution in [0, 0.1) is 0 Å². The van der Waals surface area contributed by atoms with Crippen molar-refractivity contribution < 1.29 is 4.79 Å². The van der Waals surface area contributed by atoms with Crippen molar-refractivity contribution in [2.75, 3.05) is 13.1 Å². The molecule has 2 rings (SSSR count). The van der Waals surface area contributed by atoms with Crippen LogP contribution in [0.4, 0.5) is 0 Å². The smallest absolute Gasteiger partial charge is 0.257 e. The Labute approximate surface area is 109 Å². The van der Waals surface area contributed by atoms with Gasteiger partial charge in [-0.15, -0.1) is 0 Å². The summed E-state index contributed by atoms with van der Waals surface area (Å²) in [6.45, 7) is 5.96. The number of hydrogen-bond acceptors (Lipinski definition) is 2. The van der Waals surface area contributed by atoms with Gasteiger partial charge >= 0.3 is 0 Å². The number of aryl methyl sites for hydroxylation is 2. The predicted octanol–water partition coefficient (Wildman–Crippen LogP) is 2.17. The lowest BCUT2D eigenvalue weighted by Gasteiger charge is -2.27. The molecule has 0 unspecified atom stereocenters. The summed E-state index contributed by atoms with van der Waals surface area (Å²) >= 11 is 0. The van der Waals surface area contributed by atoms with Gasteiger partial charge in [-0.1, -0.05) is 13.8 Å². The standard InChI is InChI=1S/C14H23N3O/c1-4-11-13(12(5-2)16(3)15-11)14(18)17-9-7-6-8-10-17/h4-10H2,1-3H3. The number of nitrogens with zero attached hydrogens (tertiary/aromatic N) is 3. The fourth-order valence-corrected chi connectivity index (χ4v) is 2.77. The van der Waals surface area contributed by atoms with Gasteiger partial charge in [0.15, 0.2) is 0 Å². The lowest BCUT2D eigenvalue weighted by atomic mass is 10.1. The van der Waals surface area contributed by atoms with Gasteiger partial charge in [0.1, 0.15) is 0 Å². The topological polar surface area (TPSA) is 38.1 Å². The van der Waals surface area contributed by atoms with Gasteiger partial charge in [-0.25, -0.2) is 0 Å². The number of hydrogen-bond donors (Lipinski definition) is 0. The zero-order valence-corrected chi connectivity index (χ0v) is 11.7. The maximum atomic E-state index is 12.6. The Hall–Kier alpha value is -1.32. The normalized spacial score (nSPS) is 16.1. The molecule has 1 aromatic rings. The summed E-state index contributed by atoms with van der Waals surface area (Å²) in [6.07, 6.45) is 5.20. The molecule has 0 N–H and O–H groups in total. The fraction of sp³-hybridized carbons (Fsp3) is 0.714. The van der Waals surface area contributed by atoms with Gasteiger partial charge in [-0.3, -0.25) is 9.48 Å². The summed E-state index contributed by atoms with van der Waals surface area (Å²) < 4.78 is 1.87. The molecule has 1 saturated heterocycles. The average Bonchev–Trinajstić information content (AvgIpc) is 2.74. The average molecular weight is 249 g/mol. The molecule has 4 nitrogen and oxygen atoms in total. The van der Waals surface area contributed by atoms with Crippen LogP contribution in [-0.2, 0) is 19.9 Å². The number of amides is 1. The minimum atomic E-state index is 0.191. The Morgan fingerprint density at radius 2 is 1.83 bits per heavy atom. The number of carbonyl (C=O) groups excluding carboxylic acids is 1. The van der Waals surface area contributed by atoms with Crippen LogP contribution in [0.1, 0.15) is 54.9 Å². The van der Waals surface area contributed by atoms with E-state index >= 15 is 0 Å². The van der Waals surface area contributed by atoms with Gasteiger partial charge in [0.25, 0.3) is 5.91 Å². The van der Waals surface area contributed by atoms with E-state index in [9.17, 15) is 4.79 Å². The predicted molar refractivity (Wildman–Crippen MR) is 71.7 cm³/mol. The van der Waals surface area contributed by atoms with Crippen LogP contribution in [0.15, 0.2) is 0 Å². The molecular weight excluding hydrogens is 226 g/mol. The molecule has 0 aliphatic carbocycles. The van der Waals surface area contributed by atoms with Crippen molar-refractivity contribution >= 4 is 5.91 Å². The van der Waals surface area contributed by atoms with E-state index in [0.717, 1.165) is 55.7 Å². The summed E-state index contributed by atoms with van der Waals surface area (Å²) in [7, 11) is 1.94. The van der Waals surface area contributed by atoms with Gasteiger partial charge in [0, 0.05) is 20.1 Å². The summed E-state index contributed by atoms with van der Waals surface area (Å²) in [5.41, 5.74) is 2.89. The molecule has 0 atom stereocenters. The van der Waals surface area contributed by atoms with Gasteiger partial charge in [0.05, 0.1) is 17.0 Å². The highest BCUT2D eigenvalue weighted by Gasteiger charge is 2.25. The molecule has 1 aliphatic rings. The maximum absolute atomic E-state index is 12.6. The highest BCUT2D eigenvalue weighted by atomic mass is 16.2. The van der Waals surface area contributed by atoms with Crippen molar-refractivity contribution in [3.05, 3.63) is 17.0 Å². The largest absolute Gasteiger partial charge is 0.339 e. The SMILES string of the molecule is CCc1nn(C)c(CC)c1C(=O)N1CCCCC1. The lowest BCUT2D eigenvalue weighted by Crippen LogP contribution is -2.36. The molecule has 100 valence electrons. The second-order valence-corrected chi connectivity index (χ2v) is 4.95. The van der Waals surface area contributed by atoms with Crippen molar-refractivity contribution in [1.29, 1.82) is 0 Å². The second-order valence-electron chi connectivity index (χ2n) is 4.95. The maximum Gasteiger partial charge on any atom is 0.257 e. The quantitative estimate of drug-likeness (QED) is 0.823. The van der Waals surface area contributed by atoms with Crippen molar-refractivity contribution in [1.82, 2.24) is 14.7 Å². The summed E-state index contributed by atoms with van der Waals surface area (Å²) in [5, 5.41) is 4.48. The molecule has 1 fully saturated rings. The molecule has 0 aromatic carbocycles. The first-order chi connectivity index (χ1) is 8.69. The van der Waals surface area contributed by atoms with E-state index in [1.54, 1.807) is 0 Å². The number of likely N-dealkylation sites (tertiary alicyclic amines) is 1. The third-order valence-electron chi connectivity index (χ3n) is 3.77. The van der Waals surface area contributed by atoms with Gasteiger partial charge in [-0.2, -0.15) is 5.10 Å². The van der Waals surface area contributed by atoms with Crippen LogP contribution in [0.25, 0.3) is 0 Å². The van der Waals surface area contributed by atoms with Crippen LogP contribution >= 0.6 is 0 Å². The van der Waals surface area contributed by atoms with Crippen LogP contribution < -0.4 is 0 Å². The van der Waals surface area contributed by atoms with Crippen LogP contribution in [0.2, 0.25) is 0 Å². The van der Waals surface area contributed by atoms with Gasteiger partial charge in [0.2, 0.25) is 0 Å². The second kappa shape index (κ2) is 5.55. The first-order valence-corrected chi connectivity index (χ1v) is 7.03. The number of piperidine rings is 1. The van der Waals surface area contributed by atoms with Crippen molar-refractivity contribution in [2.45, 2.75) is 46.0 Å². The summed E-state index contributed by atoms with van der Waals surface area (Å²) in [4.78, 5) is 14.6. The van der Waals surface area contributed by atoms with Crippen molar-refractivity contribution in [3.8, 4) is 0 Å². The van der Waals surface area contributed by atoms with Crippen LogP contribution in [-0.4, -0.2) is 33.7 Å². The minimum Gasteiger partial charge on any atom is -0.339 e. The summed E-state index contributed by atoms with van der Waals surface area (Å²) in [6, 6.07) is 0. The Bertz CT molecular complexity index is 430. The highest BCUT2D eigenvalue weighted by Crippen LogP contribution is 2.20. The van der Waals surface area contributed by atoms with E-state index < -0.39 is 0 Å². The third-order valence-corrected chi connectivity index (χ3v) is 3.77. The minimum absolute atomic E-state index is 0.191. The molecule has 0 saturated carbocycles. The zero-order valence-electron chi connectivity index (χ0n) is 11.7. The molecule has 1 aliphatic heterocycles. The molecule has 0 radical (unpaired) electrons. The Balaban J connectivity index is 2.33. The van der Waals surface area contributed by atoms with Crippen LogP contribution in [0.5, 0.6) is 0 Å². The molecule has 18 heavy (non-hydrogen) atoms. The fourth-order valence-electron chi connectivity index (χ4n) is 2.77. The Kier molecular flexibility index (Phi) is 4.04. The molecule has 2 heterocycles. The third kappa shape index (κ3) is 2.28. The molecule has 1 amide bonds. The molecule has 0 bridgehead atoms. The number of rotatable bonds is 3. The van der Waals surface area contributed by atoms with Crippen LogP contribution in [0.3, 0.4) is 0 Å². The molecule has 0 spiro atoms. The van der Waals surface area contributed by atoms with E-state index in [2.05, 4.69) is 18.9 Å². The number of aromatic nitrogens is 2. The van der Waals surface area contributed by atoms with Crippen molar-refractivity contribution in [2.24, 2.45) is 7.05 Å². The molecule has 1 aromatic heterocycles. The van der Waals surface area contributed by atoms with E-state index in [4.69, 9.17) is 0 Å². The highest BCUT2D eigenvalue weighted by molar-refractivity contribution is 5.96. The van der Waals surface area contributed by atoms with Gasteiger partial charge < -0.3 is 4.90 Å². The van der Waals surface area contributed by atoms with E-state index in [0.29, 0.717) is 0 Å². The van der Waals surface area contributed by atoms with Gasteiger partial charge in [-0.05, 0) is 32.1 Å². The lowest BCUT2D eigenvalue weighted by molar-refractivity contribution is 0.0722. The molecule has 4 heteroatoms. The Morgan fingerprint density at radius 1 is 1.17 bits per heavy atom. The number of carbonyl (C=O) groups is 1. The first-order valence-electron chi connectivity index (χ1n) is 7.03. The van der Waals surface area contributed by atoms with E-state index in [-0.39, 0.29) is 5.91 Å². The van der Waals surface area contributed by atoms with E-state index in [1.165, 1.54) is 6.42 Å². The zero-order chi connectivity index (χ0) is 13.1. The first kappa shape index (κ1) is 13.1.